The molecule has 0 heterocycles. The SMILES string of the molecule is COC(=O)CN(C(C)C)S(=O)(=O)c1cccc(N)c1. The summed E-state index contributed by atoms with van der Waals surface area (Å²) in [6.07, 6.45) is 0. The molecule has 0 spiro atoms. The number of carbonyl (C=O) groups is 1. The molecule has 0 bridgehead atoms. The Morgan fingerprint density at radius 3 is 2.53 bits per heavy atom. The second kappa shape index (κ2) is 6.03. The van der Waals surface area contributed by atoms with Gasteiger partial charge in [0.15, 0.2) is 0 Å². The Balaban J connectivity index is 3.17. The minimum Gasteiger partial charge on any atom is -0.468 e. The van der Waals surface area contributed by atoms with Crippen molar-refractivity contribution in [2.75, 3.05) is 19.4 Å². The normalized spacial score (nSPS) is 11.8. The third-order valence-corrected chi connectivity index (χ3v) is 4.57. The maximum atomic E-state index is 12.4. The number of benzene rings is 1. The summed E-state index contributed by atoms with van der Waals surface area (Å²) in [5.74, 6) is -0.610. The number of nitrogens with zero attached hydrogens (tertiary/aromatic N) is 1. The van der Waals surface area contributed by atoms with Crippen LogP contribution in [0.15, 0.2) is 29.2 Å². The van der Waals surface area contributed by atoms with Crippen LogP contribution in [0.3, 0.4) is 0 Å². The van der Waals surface area contributed by atoms with Crippen molar-refractivity contribution in [1.82, 2.24) is 4.31 Å². The average Bonchev–Trinajstić information content (AvgIpc) is 2.34. The third-order valence-electron chi connectivity index (χ3n) is 2.55. The molecule has 1 rings (SSSR count). The number of anilines is 1. The lowest BCUT2D eigenvalue weighted by Gasteiger charge is -2.24. The second-order valence-electron chi connectivity index (χ2n) is 4.29. The number of sulfonamides is 1. The van der Waals surface area contributed by atoms with Gasteiger partial charge in [-0.3, -0.25) is 4.79 Å². The van der Waals surface area contributed by atoms with E-state index in [2.05, 4.69) is 4.74 Å². The lowest BCUT2D eigenvalue weighted by molar-refractivity contribution is -0.141. The summed E-state index contributed by atoms with van der Waals surface area (Å²) in [6, 6.07) is 5.59. The average molecular weight is 286 g/mol. The van der Waals surface area contributed by atoms with Crippen LogP contribution >= 0.6 is 0 Å². The molecule has 1 aromatic carbocycles. The van der Waals surface area contributed by atoms with Crippen LogP contribution in [0.1, 0.15) is 13.8 Å². The number of methoxy groups -OCH3 is 1. The molecule has 0 saturated heterocycles. The van der Waals surface area contributed by atoms with Gasteiger partial charge in [0, 0.05) is 11.7 Å². The number of carbonyl (C=O) groups excluding carboxylic acids is 1. The Morgan fingerprint density at radius 2 is 2.05 bits per heavy atom. The molecule has 2 N–H and O–H groups in total. The van der Waals surface area contributed by atoms with E-state index in [-0.39, 0.29) is 17.5 Å². The predicted molar refractivity (Wildman–Crippen MR) is 71.9 cm³/mol. The van der Waals surface area contributed by atoms with E-state index in [4.69, 9.17) is 5.73 Å². The van der Waals surface area contributed by atoms with Gasteiger partial charge in [0.25, 0.3) is 0 Å². The first-order chi connectivity index (χ1) is 8.78. The van der Waals surface area contributed by atoms with Crippen molar-refractivity contribution < 1.29 is 17.9 Å². The summed E-state index contributed by atoms with van der Waals surface area (Å²) in [6.45, 7) is 3.05. The zero-order chi connectivity index (χ0) is 14.6. The minimum atomic E-state index is -3.78. The van der Waals surface area contributed by atoms with Gasteiger partial charge < -0.3 is 10.5 Å². The molecule has 19 heavy (non-hydrogen) atoms. The molecule has 0 aliphatic carbocycles. The van der Waals surface area contributed by atoms with E-state index in [9.17, 15) is 13.2 Å². The molecular formula is C12H18N2O4S. The Labute approximate surface area is 113 Å². The first-order valence-corrected chi connectivity index (χ1v) is 7.17. The molecule has 6 nitrogen and oxygen atoms in total. The summed E-state index contributed by atoms with van der Waals surface area (Å²) in [5.41, 5.74) is 5.93. The number of hydrogen-bond acceptors (Lipinski definition) is 5. The Hall–Kier alpha value is -1.60. The molecular weight excluding hydrogens is 268 g/mol. The molecule has 0 unspecified atom stereocenters. The van der Waals surface area contributed by atoms with Crippen LogP contribution in [0.2, 0.25) is 0 Å². The molecule has 106 valence electrons. The smallest absolute Gasteiger partial charge is 0.321 e. The van der Waals surface area contributed by atoms with E-state index >= 15 is 0 Å². The predicted octanol–water partition coefficient (Wildman–Crippen LogP) is 0.841. The number of hydrogen-bond donors (Lipinski definition) is 1. The Morgan fingerprint density at radius 1 is 1.42 bits per heavy atom. The van der Waals surface area contributed by atoms with Gasteiger partial charge >= 0.3 is 5.97 Å². The van der Waals surface area contributed by atoms with Crippen LogP contribution in [0, 0.1) is 0 Å². The van der Waals surface area contributed by atoms with Crippen LogP contribution in [0.5, 0.6) is 0 Å². The maximum absolute atomic E-state index is 12.4. The highest BCUT2D eigenvalue weighted by Crippen LogP contribution is 2.20. The van der Waals surface area contributed by atoms with Gasteiger partial charge in [0.1, 0.15) is 6.54 Å². The first-order valence-electron chi connectivity index (χ1n) is 5.73. The molecule has 0 saturated carbocycles. The summed E-state index contributed by atoms with van der Waals surface area (Å²) >= 11 is 0. The van der Waals surface area contributed by atoms with Gasteiger partial charge in [-0.1, -0.05) is 6.07 Å². The third kappa shape index (κ3) is 3.68. The Kier molecular flexibility index (Phi) is 4.90. The van der Waals surface area contributed by atoms with Crippen molar-refractivity contribution in [1.29, 1.82) is 0 Å². The van der Waals surface area contributed by atoms with E-state index < -0.39 is 16.0 Å². The molecule has 0 aliphatic heterocycles. The van der Waals surface area contributed by atoms with Crippen molar-refractivity contribution in [3.05, 3.63) is 24.3 Å². The van der Waals surface area contributed by atoms with Gasteiger partial charge in [-0.2, -0.15) is 4.31 Å². The van der Waals surface area contributed by atoms with E-state index in [0.29, 0.717) is 5.69 Å². The van der Waals surface area contributed by atoms with Crippen LogP contribution < -0.4 is 5.73 Å². The maximum Gasteiger partial charge on any atom is 0.321 e. The quantitative estimate of drug-likeness (QED) is 0.640. The molecule has 7 heteroatoms. The Bertz CT molecular complexity index is 555. The molecule has 0 atom stereocenters. The molecule has 0 aliphatic rings. The van der Waals surface area contributed by atoms with Gasteiger partial charge in [0.05, 0.1) is 12.0 Å². The number of nitrogens with two attached hydrogens (primary N) is 1. The molecule has 0 radical (unpaired) electrons. The topological polar surface area (TPSA) is 89.7 Å². The fourth-order valence-electron chi connectivity index (χ4n) is 1.55. The zero-order valence-corrected chi connectivity index (χ0v) is 12.0. The second-order valence-corrected chi connectivity index (χ2v) is 6.18. The van der Waals surface area contributed by atoms with Gasteiger partial charge in [0.2, 0.25) is 10.0 Å². The fourth-order valence-corrected chi connectivity index (χ4v) is 3.18. The number of rotatable bonds is 5. The molecule has 1 aromatic rings. The van der Waals surface area contributed by atoms with Crippen molar-refractivity contribution in [2.24, 2.45) is 0 Å². The summed E-state index contributed by atoms with van der Waals surface area (Å²) in [7, 11) is -2.56. The minimum absolute atomic E-state index is 0.0603. The standard InChI is InChI=1S/C12H18N2O4S/c1-9(2)14(8-12(15)18-3)19(16,17)11-6-4-5-10(13)7-11/h4-7,9H,8,13H2,1-3H3. The highest BCUT2D eigenvalue weighted by atomic mass is 32.2. The fraction of sp³-hybridized carbons (Fsp3) is 0.417. The summed E-state index contributed by atoms with van der Waals surface area (Å²) in [4.78, 5) is 11.4. The number of nitrogen functional groups attached to an aromatic ring is 1. The number of ether oxygens (including phenoxy) is 1. The first kappa shape index (κ1) is 15.5. The van der Waals surface area contributed by atoms with Gasteiger partial charge in [-0.15, -0.1) is 0 Å². The van der Waals surface area contributed by atoms with Crippen molar-refractivity contribution in [3.63, 3.8) is 0 Å². The van der Waals surface area contributed by atoms with E-state index in [1.54, 1.807) is 26.0 Å². The molecule has 0 fully saturated rings. The highest BCUT2D eigenvalue weighted by Gasteiger charge is 2.29. The molecule has 0 aromatic heterocycles. The lowest BCUT2D eigenvalue weighted by Crippen LogP contribution is -2.41. The molecule has 0 amide bonds. The van der Waals surface area contributed by atoms with Crippen LogP contribution in [0.25, 0.3) is 0 Å². The van der Waals surface area contributed by atoms with Crippen molar-refractivity contribution in [2.45, 2.75) is 24.8 Å². The van der Waals surface area contributed by atoms with Crippen LogP contribution in [-0.4, -0.2) is 38.4 Å². The van der Waals surface area contributed by atoms with Gasteiger partial charge in [-0.25, -0.2) is 8.42 Å². The summed E-state index contributed by atoms with van der Waals surface area (Å²) in [5, 5.41) is 0. The van der Waals surface area contributed by atoms with Crippen molar-refractivity contribution in [3.8, 4) is 0 Å². The largest absolute Gasteiger partial charge is 0.468 e. The number of esters is 1. The van der Waals surface area contributed by atoms with E-state index in [1.165, 1.54) is 19.2 Å². The van der Waals surface area contributed by atoms with E-state index in [0.717, 1.165) is 4.31 Å². The zero-order valence-electron chi connectivity index (χ0n) is 11.2. The lowest BCUT2D eigenvalue weighted by atomic mass is 10.3. The van der Waals surface area contributed by atoms with Crippen LogP contribution in [0.4, 0.5) is 5.69 Å². The van der Waals surface area contributed by atoms with Crippen LogP contribution in [-0.2, 0) is 19.6 Å². The highest BCUT2D eigenvalue weighted by molar-refractivity contribution is 7.89. The summed E-state index contributed by atoms with van der Waals surface area (Å²) < 4.78 is 30.5. The monoisotopic (exact) mass is 286 g/mol. The van der Waals surface area contributed by atoms with Crippen molar-refractivity contribution >= 4 is 21.7 Å². The van der Waals surface area contributed by atoms with Gasteiger partial charge in [-0.05, 0) is 32.0 Å². The van der Waals surface area contributed by atoms with E-state index in [1.807, 2.05) is 0 Å².